The van der Waals surface area contributed by atoms with Gasteiger partial charge in [0.05, 0.1) is 11.8 Å². The van der Waals surface area contributed by atoms with Crippen molar-refractivity contribution in [2.75, 3.05) is 0 Å². The van der Waals surface area contributed by atoms with Gasteiger partial charge in [0.1, 0.15) is 0 Å². The van der Waals surface area contributed by atoms with E-state index in [1.807, 2.05) is 39.0 Å². The first-order valence-corrected chi connectivity index (χ1v) is 5.33. The van der Waals surface area contributed by atoms with E-state index in [1.54, 1.807) is 12.2 Å². The Morgan fingerprint density at radius 3 is 2.31 bits per heavy atom. The molecule has 3 heteroatoms. The van der Waals surface area contributed by atoms with Gasteiger partial charge in [-0.05, 0) is 26.3 Å². The van der Waals surface area contributed by atoms with Crippen molar-refractivity contribution in [2.45, 2.75) is 20.8 Å². The van der Waals surface area contributed by atoms with Crippen LogP contribution in [0.1, 0.15) is 20.8 Å². The van der Waals surface area contributed by atoms with Gasteiger partial charge in [-0.2, -0.15) is 0 Å². The van der Waals surface area contributed by atoms with Crippen LogP contribution in [0.3, 0.4) is 0 Å². The molecule has 1 saturated heterocycles. The molecule has 0 aromatic rings. The van der Waals surface area contributed by atoms with E-state index >= 15 is 0 Å². The van der Waals surface area contributed by atoms with E-state index in [0.717, 1.165) is 5.57 Å². The summed E-state index contributed by atoms with van der Waals surface area (Å²) in [6, 6.07) is 0. The van der Waals surface area contributed by atoms with Crippen LogP contribution < -0.4 is 0 Å². The lowest BCUT2D eigenvalue weighted by atomic mass is 9.87. The molecule has 2 atom stereocenters. The summed E-state index contributed by atoms with van der Waals surface area (Å²) in [6.45, 7) is 5.53. The summed E-state index contributed by atoms with van der Waals surface area (Å²) in [4.78, 5) is 23.1. The van der Waals surface area contributed by atoms with E-state index in [0.29, 0.717) is 0 Å². The number of carbonyl (C=O) groups is 2. The molecule has 0 bridgehead atoms. The van der Waals surface area contributed by atoms with E-state index in [4.69, 9.17) is 0 Å². The molecule has 0 N–H and O–H groups in total. The molecule has 0 aromatic heterocycles. The highest BCUT2D eigenvalue weighted by Gasteiger charge is 2.43. The van der Waals surface area contributed by atoms with Gasteiger partial charge in [-0.25, -0.2) is 0 Å². The first kappa shape index (κ1) is 12.4. The van der Waals surface area contributed by atoms with Crippen LogP contribution in [0.4, 0.5) is 0 Å². The molecule has 0 saturated carbocycles. The quantitative estimate of drug-likeness (QED) is 0.317. The topological polar surface area (TPSA) is 43.4 Å². The highest BCUT2D eigenvalue weighted by molar-refractivity contribution is 5.99. The van der Waals surface area contributed by atoms with Crippen molar-refractivity contribution >= 4 is 11.9 Å². The van der Waals surface area contributed by atoms with Crippen molar-refractivity contribution in [3.63, 3.8) is 0 Å². The number of cyclic esters (lactones) is 2. The summed E-state index contributed by atoms with van der Waals surface area (Å²) in [5.74, 6) is -1.90. The minimum absolute atomic E-state index is 0.459. The van der Waals surface area contributed by atoms with Crippen LogP contribution in [0, 0.1) is 11.8 Å². The van der Waals surface area contributed by atoms with Crippen LogP contribution in [0.25, 0.3) is 0 Å². The Balaban J connectivity index is 3.08. The molecule has 1 aliphatic rings. The maximum absolute atomic E-state index is 11.6. The predicted molar refractivity (Wildman–Crippen MR) is 61.5 cm³/mol. The molecule has 1 fully saturated rings. The first-order chi connectivity index (χ1) is 7.65. The maximum atomic E-state index is 11.6. The fourth-order valence-electron chi connectivity index (χ4n) is 1.83. The van der Waals surface area contributed by atoms with E-state index in [9.17, 15) is 9.59 Å². The lowest BCUT2D eigenvalue weighted by Crippen LogP contribution is -2.17. The largest absolute Gasteiger partial charge is 0.392 e. The van der Waals surface area contributed by atoms with Gasteiger partial charge in [0, 0.05) is 0 Å². The maximum Gasteiger partial charge on any atom is 0.322 e. The number of carbonyl (C=O) groups excluding carboxylic acids is 2. The smallest absolute Gasteiger partial charge is 0.322 e. The van der Waals surface area contributed by atoms with Gasteiger partial charge >= 0.3 is 11.9 Å². The summed E-state index contributed by atoms with van der Waals surface area (Å²) in [5, 5.41) is 0. The number of hydrogen-bond acceptors (Lipinski definition) is 3. The normalized spacial score (nSPS) is 27.1. The first-order valence-electron chi connectivity index (χ1n) is 5.33. The highest BCUT2D eigenvalue weighted by atomic mass is 16.6. The molecule has 1 aliphatic heterocycles. The van der Waals surface area contributed by atoms with E-state index in [-0.39, 0.29) is 0 Å². The van der Waals surface area contributed by atoms with E-state index in [2.05, 4.69) is 4.74 Å². The van der Waals surface area contributed by atoms with Gasteiger partial charge in [-0.3, -0.25) is 9.59 Å². The molecule has 1 rings (SSSR count). The van der Waals surface area contributed by atoms with Crippen molar-refractivity contribution in [1.29, 1.82) is 0 Å². The summed E-state index contributed by atoms with van der Waals surface area (Å²) >= 11 is 0. The summed E-state index contributed by atoms with van der Waals surface area (Å²) < 4.78 is 4.66. The standard InChI is InChI=1S/C13H16O3/c1-4-7-9(6-3)11-10(8-5-2)12(14)16-13(11)15/h4-8,10-11H,1-3H3/b7-4+,8-5+,9-6+. The third-order valence-electron chi connectivity index (χ3n) is 2.54. The minimum atomic E-state index is -0.495. The van der Waals surface area contributed by atoms with Crippen LogP contribution in [0.2, 0.25) is 0 Å². The average Bonchev–Trinajstić information content (AvgIpc) is 2.52. The fraction of sp³-hybridized carbons (Fsp3) is 0.385. The Labute approximate surface area is 95.5 Å². The van der Waals surface area contributed by atoms with E-state index in [1.165, 1.54) is 0 Å². The zero-order valence-electron chi connectivity index (χ0n) is 9.77. The third-order valence-corrected chi connectivity index (χ3v) is 2.54. The van der Waals surface area contributed by atoms with Gasteiger partial charge in [-0.15, -0.1) is 0 Å². The molecular weight excluding hydrogens is 204 g/mol. The monoisotopic (exact) mass is 220 g/mol. The molecule has 0 spiro atoms. The number of ether oxygens (including phenoxy) is 1. The van der Waals surface area contributed by atoms with E-state index < -0.39 is 23.8 Å². The molecule has 1 heterocycles. The fourth-order valence-corrected chi connectivity index (χ4v) is 1.83. The van der Waals surface area contributed by atoms with Crippen molar-refractivity contribution in [2.24, 2.45) is 11.8 Å². The molecule has 0 radical (unpaired) electrons. The molecule has 86 valence electrons. The van der Waals surface area contributed by atoms with Crippen molar-refractivity contribution in [3.05, 3.63) is 36.0 Å². The van der Waals surface area contributed by atoms with Crippen LogP contribution in [0.15, 0.2) is 36.0 Å². The highest BCUT2D eigenvalue weighted by Crippen LogP contribution is 2.31. The second-order valence-corrected chi connectivity index (χ2v) is 3.56. The van der Waals surface area contributed by atoms with Gasteiger partial charge in [0.2, 0.25) is 0 Å². The zero-order valence-corrected chi connectivity index (χ0v) is 9.77. The Morgan fingerprint density at radius 1 is 1.12 bits per heavy atom. The molecule has 0 aliphatic carbocycles. The van der Waals surface area contributed by atoms with Crippen LogP contribution in [0.5, 0.6) is 0 Å². The number of hydrogen-bond donors (Lipinski definition) is 0. The van der Waals surface area contributed by atoms with Crippen LogP contribution >= 0.6 is 0 Å². The lowest BCUT2D eigenvalue weighted by Gasteiger charge is -2.10. The molecular formula is C13H16O3. The van der Waals surface area contributed by atoms with Gasteiger partial charge in [0.25, 0.3) is 0 Å². The number of rotatable bonds is 3. The predicted octanol–water partition coefficient (Wildman–Crippen LogP) is 2.40. The summed E-state index contributed by atoms with van der Waals surface area (Å²) in [6.07, 6.45) is 8.99. The molecule has 3 nitrogen and oxygen atoms in total. The van der Waals surface area contributed by atoms with Crippen molar-refractivity contribution in [1.82, 2.24) is 0 Å². The van der Waals surface area contributed by atoms with Crippen LogP contribution in [-0.2, 0) is 14.3 Å². The average molecular weight is 220 g/mol. The van der Waals surface area contributed by atoms with Crippen molar-refractivity contribution in [3.8, 4) is 0 Å². The van der Waals surface area contributed by atoms with Crippen molar-refractivity contribution < 1.29 is 14.3 Å². The van der Waals surface area contributed by atoms with Gasteiger partial charge in [-0.1, -0.05) is 30.4 Å². The second kappa shape index (κ2) is 5.45. The zero-order chi connectivity index (χ0) is 12.1. The number of allylic oxidation sites excluding steroid dienone is 4. The second-order valence-electron chi connectivity index (χ2n) is 3.56. The van der Waals surface area contributed by atoms with Gasteiger partial charge in [0.15, 0.2) is 0 Å². The molecule has 16 heavy (non-hydrogen) atoms. The summed E-state index contributed by atoms with van der Waals surface area (Å²) in [7, 11) is 0. The Morgan fingerprint density at radius 2 is 1.81 bits per heavy atom. The summed E-state index contributed by atoms with van der Waals surface area (Å²) in [5.41, 5.74) is 0.821. The Hall–Kier alpha value is -1.64. The minimum Gasteiger partial charge on any atom is -0.392 e. The Kier molecular flexibility index (Phi) is 4.23. The molecule has 0 amide bonds. The Bertz CT molecular complexity index is 375. The SMILES string of the molecule is C/C=C/C(=C\C)C1C(=O)OC(=O)C1/C=C/C. The third kappa shape index (κ3) is 2.30. The number of esters is 2. The molecule has 2 unspecified atom stereocenters. The lowest BCUT2D eigenvalue weighted by molar-refractivity contribution is -0.153. The van der Waals surface area contributed by atoms with Crippen LogP contribution in [-0.4, -0.2) is 11.9 Å². The molecule has 0 aromatic carbocycles. The van der Waals surface area contributed by atoms with Gasteiger partial charge < -0.3 is 4.74 Å².